The minimum atomic E-state index is -4.37. The zero-order valence-electron chi connectivity index (χ0n) is 14.6. The van der Waals surface area contributed by atoms with Crippen molar-refractivity contribution in [3.8, 4) is 5.75 Å². The largest absolute Gasteiger partial charge is 0.484 e. The third-order valence-corrected chi connectivity index (χ3v) is 3.72. The average molecular weight is 366 g/mol. The summed E-state index contributed by atoms with van der Waals surface area (Å²) < 4.78 is 40.9. The van der Waals surface area contributed by atoms with Gasteiger partial charge in [-0.2, -0.15) is 13.2 Å². The summed E-state index contributed by atoms with van der Waals surface area (Å²) in [4.78, 5) is 12.0. The van der Waals surface area contributed by atoms with Crippen molar-refractivity contribution in [1.82, 2.24) is 5.32 Å². The first-order chi connectivity index (χ1) is 12.2. The van der Waals surface area contributed by atoms with Crippen LogP contribution >= 0.6 is 0 Å². The van der Waals surface area contributed by atoms with E-state index in [2.05, 4.69) is 15.4 Å². The molecule has 0 bridgehead atoms. The zero-order valence-corrected chi connectivity index (χ0v) is 14.6. The summed E-state index contributed by atoms with van der Waals surface area (Å²) in [6, 6.07) is 12.0. The summed E-state index contributed by atoms with van der Waals surface area (Å²) in [5.41, 5.74) is 3.83. The van der Waals surface area contributed by atoms with E-state index in [4.69, 9.17) is 0 Å². The number of hydrogen-bond acceptors (Lipinski definition) is 3. The number of hydrogen-bond donors (Lipinski definition) is 2. The Hall–Kier alpha value is -2.70. The zero-order chi connectivity index (χ0) is 19.2. The molecule has 0 spiro atoms. The lowest BCUT2D eigenvalue weighted by molar-refractivity contribution is -0.153. The molecular weight excluding hydrogens is 345 g/mol. The standard InChI is InChI=1S/C19H21F3N2O2/c1-13-4-3-5-14(2)18(13)24-11-17(25)23-10-15-6-8-16(9-7-15)26-12-19(20,21)22/h3-9,24H,10-12H2,1-2H3,(H,23,25). The second kappa shape index (κ2) is 8.60. The van der Waals surface area contributed by atoms with Crippen LogP contribution in [0.15, 0.2) is 42.5 Å². The lowest BCUT2D eigenvalue weighted by Crippen LogP contribution is -2.29. The van der Waals surface area contributed by atoms with E-state index in [1.54, 1.807) is 12.1 Å². The summed E-state index contributed by atoms with van der Waals surface area (Å²) in [5.74, 6) is -0.0425. The van der Waals surface area contributed by atoms with Gasteiger partial charge in [0.25, 0.3) is 0 Å². The number of amides is 1. The molecule has 0 aliphatic heterocycles. The minimum Gasteiger partial charge on any atom is -0.484 e. The Bertz CT molecular complexity index is 723. The molecule has 7 heteroatoms. The van der Waals surface area contributed by atoms with E-state index in [0.29, 0.717) is 0 Å². The molecular formula is C19H21F3N2O2. The van der Waals surface area contributed by atoms with Crippen LogP contribution in [-0.2, 0) is 11.3 Å². The number of anilines is 1. The molecule has 26 heavy (non-hydrogen) atoms. The number of para-hydroxylation sites is 1. The lowest BCUT2D eigenvalue weighted by atomic mass is 10.1. The number of benzene rings is 2. The number of nitrogens with one attached hydrogen (secondary N) is 2. The van der Waals surface area contributed by atoms with E-state index in [-0.39, 0.29) is 24.7 Å². The van der Waals surface area contributed by atoms with E-state index in [0.717, 1.165) is 22.4 Å². The minimum absolute atomic E-state index is 0.133. The van der Waals surface area contributed by atoms with Gasteiger partial charge in [-0.3, -0.25) is 4.79 Å². The van der Waals surface area contributed by atoms with Gasteiger partial charge in [0.2, 0.25) is 5.91 Å². The van der Waals surface area contributed by atoms with Crippen LogP contribution in [0.3, 0.4) is 0 Å². The van der Waals surface area contributed by atoms with Crippen LogP contribution in [0.2, 0.25) is 0 Å². The molecule has 0 saturated carbocycles. The monoisotopic (exact) mass is 366 g/mol. The summed E-state index contributed by atoms with van der Waals surface area (Å²) in [6.07, 6.45) is -4.37. The summed E-state index contributed by atoms with van der Waals surface area (Å²) >= 11 is 0. The maximum absolute atomic E-state index is 12.1. The summed E-state index contributed by atoms with van der Waals surface area (Å²) in [6.45, 7) is 3.03. The fraction of sp³-hybridized carbons (Fsp3) is 0.316. The normalized spacial score (nSPS) is 11.1. The molecule has 140 valence electrons. The molecule has 0 fully saturated rings. The van der Waals surface area contributed by atoms with Gasteiger partial charge in [0.1, 0.15) is 5.75 Å². The molecule has 0 aliphatic rings. The number of halogens is 3. The topological polar surface area (TPSA) is 50.4 Å². The van der Waals surface area contributed by atoms with Crippen LogP contribution in [-0.4, -0.2) is 25.2 Å². The van der Waals surface area contributed by atoms with Gasteiger partial charge in [0.05, 0.1) is 6.54 Å². The van der Waals surface area contributed by atoms with Gasteiger partial charge in [0.15, 0.2) is 6.61 Å². The van der Waals surface area contributed by atoms with Crippen LogP contribution in [0, 0.1) is 13.8 Å². The quantitative estimate of drug-likeness (QED) is 0.780. The number of alkyl halides is 3. The first-order valence-corrected chi connectivity index (χ1v) is 8.10. The number of carbonyl (C=O) groups is 1. The van der Waals surface area contributed by atoms with Crippen molar-refractivity contribution < 1.29 is 22.7 Å². The Morgan fingerprint density at radius 2 is 1.65 bits per heavy atom. The Kier molecular flexibility index (Phi) is 6.49. The van der Waals surface area contributed by atoms with Gasteiger partial charge >= 0.3 is 6.18 Å². The first-order valence-electron chi connectivity index (χ1n) is 8.10. The molecule has 2 rings (SSSR count). The third kappa shape index (κ3) is 6.31. The Balaban J connectivity index is 1.78. The summed E-state index contributed by atoms with van der Waals surface area (Å²) in [5, 5.41) is 5.88. The van der Waals surface area contributed by atoms with Crippen LogP contribution < -0.4 is 15.4 Å². The smallest absolute Gasteiger partial charge is 0.422 e. The van der Waals surface area contributed by atoms with Crippen LogP contribution in [0.25, 0.3) is 0 Å². The van der Waals surface area contributed by atoms with Crippen molar-refractivity contribution in [2.75, 3.05) is 18.5 Å². The summed E-state index contributed by atoms with van der Waals surface area (Å²) in [7, 11) is 0. The molecule has 1 amide bonds. The predicted octanol–water partition coefficient (Wildman–Crippen LogP) is 3.97. The van der Waals surface area contributed by atoms with Crippen molar-refractivity contribution in [3.63, 3.8) is 0 Å². The Morgan fingerprint density at radius 3 is 2.23 bits per heavy atom. The Morgan fingerprint density at radius 1 is 1.04 bits per heavy atom. The van der Waals surface area contributed by atoms with Gasteiger partial charge < -0.3 is 15.4 Å². The van der Waals surface area contributed by atoms with E-state index < -0.39 is 12.8 Å². The molecule has 2 N–H and O–H groups in total. The second-order valence-corrected chi connectivity index (χ2v) is 5.94. The number of carbonyl (C=O) groups excluding carboxylic acids is 1. The highest BCUT2D eigenvalue weighted by Crippen LogP contribution is 2.20. The van der Waals surface area contributed by atoms with Crippen molar-refractivity contribution >= 4 is 11.6 Å². The number of rotatable bonds is 7. The second-order valence-electron chi connectivity index (χ2n) is 5.94. The molecule has 0 aliphatic carbocycles. The number of aryl methyl sites for hydroxylation is 2. The molecule has 4 nitrogen and oxygen atoms in total. The van der Waals surface area contributed by atoms with Crippen molar-refractivity contribution in [2.45, 2.75) is 26.6 Å². The highest BCUT2D eigenvalue weighted by atomic mass is 19.4. The van der Waals surface area contributed by atoms with Gasteiger partial charge in [0, 0.05) is 12.2 Å². The molecule has 0 aromatic heterocycles. The van der Waals surface area contributed by atoms with Crippen LogP contribution in [0.1, 0.15) is 16.7 Å². The fourth-order valence-electron chi connectivity index (χ4n) is 2.39. The van der Waals surface area contributed by atoms with E-state index >= 15 is 0 Å². The Labute approximate surface area is 150 Å². The maximum Gasteiger partial charge on any atom is 0.422 e. The highest BCUT2D eigenvalue weighted by molar-refractivity contribution is 5.81. The van der Waals surface area contributed by atoms with E-state index in [1.807, 2.05) is 32.0 Å². The van der Waals surface area contributed by atoms with E-state index in [9.17, 15) is 18.0 Å². The number of ether oxygens (including phenoxy) is 1. The molecule has 0 unspecified atom stereocenters. The molecule has 2 aromatic carbocycles. The molecule has 0 heterocycles. The average Bonchev–Trinajstić information content (AvgIpc) is 2.58. The lowest BCUT2D eigenvalue weighted by Gasteiger charge is -2.13. The molecule has 0 atom stereocenters. The van der Waals surface area contributed by atoms with Gasteiger partial charge in [-0.25, -0.2) is 0 Å². The SMILES string of the molecule is Cc1cccc(C)c1NCC(=O)NCc1ccc(OCC(F)(F)F)cc1. The van der Waals surface area contributed by atoms with Crippen molar-refractivity contribution in [1.29, 1.82) is 0 Å². The van der Waals surface area contributed by atoms with Gasteiger partial charge in [-0.05, 0) is 42.7 Å². The molecule has 0 radical (unpaired) electrons. The van der Waals surface area contributed by atoms with Crippen molar-refractivity contribution in [2.24, 2.45) is 0 Å². The van der Waals surface area contributed by atoms with Crippen LogP contribution in [0.5, 0.6) is 5.75 Å². The van der Waals surface area contributed by atoms with Crippen LogP contribution in [0.4, 0.5) is 18.9 Å². The highest BCUT2D eigenvalue weighted by Gasteiger charge is 2.28. The predicted molar refractivity (Wildman–Crippen MR) is 94.2 cm³/mol. The first kappa shape index (κ1) is 19.6. The maximum atomic E-state index is 12.1. The van der Waals surface area contributed by atoms with Gasteiger partial charge in [-0.15, -0.1) is 0 Å². The fourth-order valence-corrected chi connectivity index (χ4v) is 2.39. The van der Waals surface area contributed by atoms with E-state index in [1.165, 1.54) is 12.1 Å². The van der Waals surface area contributed by atoms with Gasteiger partial charge in [-0.1, -0.05) is 30.3 Å². The van der Waals surface area contributed by atoms with Crippen molar-refractivity contribution in [3.05, 3.63) is 59.2 Å². The molecule has 2 aromatic rings. The molecule has 0 saturated heterocycles. The third-order valence-electron chi connectivity index (χ3n) is 3.72.